The molecule has 1 saturated heterocycles. The van der Waals surface area contributed by atoms with Crippen LogP contribution in [0.25, 0.3) is 11.3 Å². The van der Waals surface area contributed by atoms with Crippen molar-refractivity contribution in [2.75, 3.05) is 31.1 Å². The largest absolute Gasteiger partial charge is 0.433 e. The summed E-state index contributed by atoms with van der Waals surface area (Å²) in [6.07, 6.45) is -4.50. The zero-order chi connectivity index (χ0) is 17.2. The van der Waals surface area contributed by atoms with Gasteiger partial charge < -0.3 is 10.2 Å². The van der Waals surface area contributed by atoms with Crippen LogP contribution in [0.4, 0.5) is 18.9 Å². The summed E-state index contributed by atoms with van der Waals surface area (Å²) >= 11 is 0. The van der Waals surface area contributed by atoms with Crippen LogP contribution in [0.1, 0.15) is 11.3 Å². The molecule has 0 unspecified atom stereocenters. The Balaban J connectivity index is 2.09. The molecule has 0 atom stereocenters. The summed E-state index contributed by atoms with van der Waals surface area (Å²) in [6.45, 7) is 2.95. The Kier molecular flexibility index (Phi) is 4.40. The average molecular weight is 332 g/mol. The van der Waals surface area contributed by atoms with Gasteiger partial charge in [-0.15, -0.1) is 0 Å². The Morgan fingerprint density at radius 1 is 1.04 bits per heavy atom. The molecule has 0 aliphatic carbocycles. The molecule has 124 valence electrons. The van der Waals surface area contributed by atoms with Crippen molar-refractivity contribution >= 4 is 5.69 Å². The first-order valence-corrected chi connectivity index (χ1v) is 7.53. The quantitative estimate of drug-likeness (QED) is 0.918. The van der Waals surface area contributed by atoms with E-state index in [9.17, 15) is 13.2 Å². The Hall–Kier alpha value is -2.59. The first-order valence-electron chi connectivity index (χ1n) is 7.53. The minimum Gasteiger partial charge on any atom is -0.367 e. The average Bonchev–Trinajstić information content (AvgIpc) is 2.61. The molecule has 2 heterocycles. The number of aromatic nitrogens is 1. The SMILES string of the molecule is N#Cc1ccc(-c2nc(C(F)(F)F)ccc2N2CCNCC2)cc1. The molecule has 0 bridgehead atoms. The Morgan fingerprint density at radius 3 is 2.29 bits per heavy atom. The summed E-state index contributed by atoms with van der Waals surface area (Å²) in [5.74, 6) is 0. The summed E-state index contributed by atoms with van der Waals surface area (Å²) in [5, 5.41) is 12.1. The van der Waals surface area contributed by atoms with E-state index >= 15 is 0 Å². The van der Waals surface area contributed by atoms with Gasteiger partial charge in [0.2, 0.25) is 0 Å². The van der Waals surface area contributed by atoms with Crippen molar-refractivity contribution in [3.63, 3.8) is 0 Å². The molecule has 24 heavy (non-hydrogen) atoms. The van der Waals surface area contributed by atoms with Crippen molar-refractivity contribution in [2.45, 2.75) is 6.18 Å². The van der Waals surface area contributed by atoms with E-state index in [0.29, 0.717) is 29.9 Å². The normalized spacial score (nSPS) is 15.2. The topological polar surface area (TPSA) is 52.0 Å². The van der Waals surface area contributed by atoms with E-state index in [4.69, 9.17) is 5.26 Å². The van der Waals surface area contributed by atoms with Crippen molar-refractivity contribution in [3.05, 3.63) is 47.7 Å². The van der Waals surface area contributed by atoms with Gasteiger partial charge in [0, 0.05) is 31.7 Å². The van der Waals surface area contributed by atoms with E-state index in [1.807, 2.05) is 11.0 Å². The number of halogens is 3. The van der Waals surface area contributed by atoms with Gasteiger partial charge in [0.05, 0.1) is 23.0 Å². The molecule has 2 aromatic rings. The lowest BCUT2D eigenvalue weighted by atomic mass is 10.1. The highest BCUT2D eigenvalue weighted by Gasteiger charge is 2.33. The number of nitriles is 1. The van der Waals surface area contributed by atoms with Gasteiger partial charge in [0.15, 0.2) is 0 Å². The number of alkyl halides is 3. The van der Waals surface area contributed by atoms with Crippen molar-refractivity contribution in [3.8, 4) is 17.3 Å². The lowest BCUT2D eigenvalue weighted by molar-refractivity contribution is -0.141. The number of nitrogens with one attached hydrogen (secondary N) is 1. The van der Waals surface area contributed by atoms with E-state index < -0.39 is 11.9 Å². The summed E-state index contributed by atoms with van der Waals surface area (Å²) in [4.78, 5) is 5.90. The number of rotatable bonds is 2. The lowest BCUT2D eigenvalue weighted by Crippen LogP contribution is -2.43. The summed E-state index contributed by atoms with van der Waals surface area (Å²) in [6, 6.07) is 10.9. The summed E-state index contributed by atoms with van der Waals surface area (Å²) in [7, 11) is 0. The summed E-state index contributed by atoms with van der Waals surface area (Å²) in [5.41, 5.74) is 1.06. The number of anilines is 1. The highest BCUT2D eigenvalue weighted by atomic mass is 19.4. The van der Waals surface area contributed by atoms with E-state index in [-0.39, 0.29) is 5.69 Å². The second-order valence-corrected chi connectivity index (χ2v) is 5.49. The van der Waals surface area contributed by atoms with Gasteiger partial charge >= 0.3 is 6.18 Å². The van der Waals surface area contributed by atoms with Crippen LogP contribution >= 0.6 is 0 Å². The van der Waals surface area contributed by atoms with E-state index in [2.05, 4.69) is 10.3 Å². The maximum atomic E-state index is 13.0. The van der Waals surface area contributed by atoms with Gasteiger partial charge in [0.25, 0.3) is 0 Å². The molecule has 1 aromatic carbocycles. The molecular weight excluding hydrogens is 317 g/mol. The van der Waals surface area contributed by atoms with Gasteiger partial charge in [-0.2, -0.15) is 18.4 Å². The fraction of sp³-hybridized carbons (Fsp3) is 0.294. The van der Waals surface area contributed by atoms with Crippen LogP contribution in [0, 0.1) is 11.3 Å². The van der Waals surface area contributed by atoms with E-state index in [1.54, 1.807) is 24.3 Å². The zero-order valence-electron chi connectivity index (χ0n) is 12.8. The third-order valence-electron chi connectivity index (χ3n) is 3.91. The third kappa shape index (κ3) is 3.34. The van der Waals surface area contributed by atoms with Crippen LogP contribution in [0.5, 0.6) is 0 Å². The van der Waals surface area contributed by atoms with Crippen molar-refractivity contribution in [2.24, 2.45) is 0 Å². The van der Waals surface area contributed by atoms with Crippen LogP contribution in [0.15, 0.2) is 36.4 Å². The summed E-state index contributed by atoms with van der Waals surface area (Å²) < 4.78 is 39.1. The van der Waals surface area contributed by atoms with Gasteiger partial charge in [0.1, 0.15) is 5.69 Å². The van der Waals surface area contributed by atoms with Gasteiger partial charge in [-0.3, -0.25) is 0 Å². The van der Waals surface area contributed by atoms with E-state index in [1.165, 1.54) is 6.07 Å². The maximum Gasteiger partial charge on any atom is 0.433 e. The highest BCUT2D eigenvalue weighted by Crippen LogP contribution is 2.35. The van der Waals surface area contributed by atoms with Crippen LogP contribution in [0.2, 0.25) is 0 Å². The monoisotopic (exact) mass is 332 g/mol. The standard InChI is InChI=1S/C17H15F3N4/c18-17(19,20)15-6-5-14(24-9-7-22-8-10-24)16(23-15)13-3-1-12(11-21)2-4-13/h1-6,22H,7-10H2. The molecule has 0 radical (unpaired) electrons. The van der Waals surface area contributed by atoms with Gasteiger partial charge in [-0.05, 0) is 24.3 Å². The molecule has 1 aliphatic rings. The smallest absolute Gasteiger partial charge is 0.367 e. The molecular formula is C17H15F3N4. The molecule has 1 aromatic heterocycles. The van der Waals surface area contributed by atoms with Crippen molar-refractivity contribution < 1.29 is 13.2 Å². The second-order valence-electron chi connectivity index (χ2n) is 5.49. The predicted octanol–water partition coefficient (Wildman–Crippen LogP) is 3.05. The van der Waals surface area contributed by atoms with Crippen LogP contribution < -0.4 is 10.2 Å². The molecule has 1 fully saturated rings. The first-order chi connectivity index (χ1) is 11.5. The molecule has 0 saturated carbocycles. The van der Waals surface area contributed by atoms with Gasteiger partial charge in [-0.25, -0.2) is 4.98 Å². The van der Waals surface area contributed by atoms with Gasteiger partial charge in [-0.1, -0.05) is 12.1 Å². The fourth-order valence-electron chi connectivity index (χ4n) is 2.69. The number of nitrogens with zero attached hydrogens (tertiary/aromatic N) is 3. The number of benzene rings is 1. The zero-order valence-corrected chi connectivity index (χ0v) is 12.8. The van der Waals surface area contributed by atoms with E-state index in [0.717, 1.165) is 19.2 Å². The molecule has 1 aliphatic heterocycles. The third-order valence-corrected chi connectivity index (χ3v) is 3.91. The Labute approximate surface area is 137 Å². The Morgan fingerprint density at radius 2 is 1.71 bits per heavy atom. The molecule has 0 amide bonds. The molecule has 4 nitrogen and oxygen atoms in total. The number of hydrogen-bond donors (Lipinski definition) is 1. The van der Waals surface area contributed by atoms with Crippen LogP contribution in [-0.4, -0.2) is 31.2 Å². The number of hydrogen-bond acceptors (Lipinski definition) is 4. The number of pyridine rings is 1. The molecule has 3 rings (SSSR count). The minimum atomic E-state index is -4.50. The Bertz CT molecular complexity index is 757. The second kappa shape index (κ2) is 6.49. The van der Waals surface area contributed by atoms with Crippen molar-refractivity contribution in [1.29, 1.82) is 5.26 Å². The minimum absolute atomic E-state index is 0.288. The molecule has 0 spiro atoms. The van der Waals surface area contributed by atoms with Crippen LogP contribution in [0.3, 0.4) is 0 Å². The lowest BCUT2D eigenvalue weighted by Gasteiger charge is -2.31. The van der Waals surface area contributed by atoms with Crippen LogP contribution in [-0.2, 0) is 6.18 Å². The highest BCUT2D eigenvalue weighted by molar-refractivity contribution is 5.76. The molecule has 7 heteroatoms. The fourth-order valence-corrected chi connectivity index (χ4v) is 2.69. The molecule has 1 N–H and O–H groups in total. The number of piperazine rings is 1. The van der Waals surface area contributed by atoms with Crippen molar-refractivity contribution in [1.82, 2.24) is 10.3 Å². The predicted molar refractivity (Wildman–Crippen MR) is 84.5 cm³/mol. The first kappa shape index (κ1) is 16.3. The maximum absolute atomic E-state index is 13.0.